The number of benzene rings is 8. The first-order valence-electron chi connectivity index (χ1n) is 20.5. The van der Waals surface area contributed by atoms with Crippen LogP contribution in [0.4, 0.5) is 0 Å². The summed E-state index contributed by atoms with van der Waals surface area (Å²) in [5.74, 6) is 0.678. The third-order valence-electron chi connectivity index (χ3n) is 11.3. The zero-order valence-electron chi connectivity index (χ0n) is 33.1. The summed E-state index contributed by atoms with van der Waals surface area (Å²) in [4.78, 5) is 16.2. The van der Waals surface area contributed by atoms with Crippen molar-refractivity contribution in [1.29, 1.82) is 0 Å². The van der Waals surface area contributed by atoms with Crippen LogP contribution in [0.25, 0.3) is 110 Å². The van der Waals surface area contributed by atoms with E-state index in [2.05, 4.69) is 218 Å². The summed E-state index contributed by atoms with van der Waals surface area (Å²) >= 11 is 1.82. The lowest BCUT2D eigenvalue weighted by molar-refractivity contribution is 1.19. The summed E-state index contributed by atoms with van der Waals surface area (Å²) in [6, 6.07) is 79.0. The lowest BCUT2D eigenvalue weighted by atomic mass is 9.83. The van der Waals surface area contributed by atoms with E-state index >= 15 is 0 Å². The van der Waals surface area contributed by atoms with Crippen molar-refractivity contribution in [2.75, 3.05) is 0 Å². The van der Waals surface area contributed by atoms with Crippen LogP contribution in [0.15, 0.2) is 224 Å². The molecule has 3 heterocycles. The van der Waals surface area contributed by atoms with Crippen molar-refractivity contribution in [2.24, 2.45) is 0 Å². The van der Waals surface area contributed by atoms with Crippen LogP contribution in [0, 0.1) is 0 Å². The van der Waals surface area contributed by atoms with E-state index in [1.54, 1.807) is 0 Å². The van der Waals surface area contributed by atoms with Crippen molar-refractivity contribution in [3.05, 3.63) is 224 Å². The maximum Gasteiger partial charge on any atom is 0.160 e. The number of fused-ring (bicyclic) bond motifs is 3. The number of thiophene rings is 1. The Bertz CT molecular complexity index is 3210. The van der Waals surface area contributed by atoms with Gasteiger partial charge in [0.25, 0.3) is 0 Å². The number of nitrogens with zero attached hydrogens (tertiary/aromatic N) is 3. The van der Waals surface area contributed by atoms with Crippen LogP contribution in [0.3, 0.4) is 0 Å². The normalized spacial score (nSPS) is 11.3. The molecule has 11 aromatic rings. The molecule has 11 rings (SSSR count). The summed E-state index contributed by atoms with van der Waals surface area (Å²) < 4.78 is 2.50. The Morgan fingerprint density at radius 2 is 0.738 bits per heavy atom. The Morgan fingerprint density at radius 1 is 0.295 bits per heavy atom. The van der Waals surface area contributed by atoms with E-state index < -0.39 is 0 Å². The van der Waals surface area contributed by atoms with Crippen LogP contribution in [-0.4, -0.2) is 15.0 Å². The van der Waals surface area contributed by atoms with Gasteiger partial charge in [0.15, 0.2) is 5.82 Å². The molecule has 0 saturated carbocycles. The van der Waals surface area contributed by atoms with Gasteiger partial charge in [0.1, 0.15) is 0 Å². The van der Waals surface area contributed by atoms with Crippen LogP contribution in [-0.2, 0) is 0 Å². The molecule has 4 heteroatoms. The molecular formula is C57H37N3S. The molecule has 8 aromatic carbocycles. The number of hydrogen-bond donors (Lipinski definition) is 0. The molecule has 61 heavy (non-hydrogen) atoms. The standard InChI is InChI=1S/C57H37N3S/c1-6-19-38(20-7-1)48-37-49(47-31-18-30-46-45-29-16-17-32-50(45)61-56(46)47)59-57(58-48)44-35-33-41(34-36-44)51-52(39-21-8-2-9-22-39)54(42-25-12-4-13-26-42)60-55(43-27-14-5-15-28-43)53(51)40-23-10-3-11-24-40/h1-37H. The van der Waals surface area contributed by atoms with Crippen molar-refractivity contribution in [3.8, 4) is 89.8 Å². The van der Waals surface area contributed by atoms with Crippen molar-refractivity contribution in [1.82, 2.24) is 15.0 Å². The van der Waals surface area contributed by atoms with Crippen LogP contribution < -0.4 is 0 Å². The Kier molecular flexibility index (Phi) is 9.38. The maximum absolute atomic E-state index is 5.61. The van der Waals surface area contributed by atoms with E-state index in [4.69, 9.17) is 15.0 Å². The highest BCUT2D eigenvalue weighted by atomic mass is 32.1. The lowest BCUT2D eigenvalue weighted by Gasteiger charge is -2.23. The van der Waals surface area contributed by atoms with Crippen molar-refractivity contribution >= 4 is 31.5 Å². The maximum atomic E-state index is 5.61. The molecule has 0 aliphatic rings. The SMILES string of the molecule is c1ccc(-c2cc(-c3cccc4c3sc3ccccc34)nc(-c3ccc(-c4c(-c5ccccc5)c(-c5ccccc5)nc(-c5ccccc5)c4-c4ccccc4)cc3)n2)cc1. The van der Waals surface area contributed by atoms with Crippen LogP contribution in [0.1, 0.15) is 0 Å². The van der Waals surface area contributed by atoms with Crippen molar-refractivity contribution in [3.63, 3.8) is 0 Å². The molecule has 0 bridgehead atoms. The van der Waals surface area contributed by atoms with Gasteiger partial charge in [0.05, 0.1) is 22.8 Å². The lowest BCUT2D eigenvalue weighted by Crippen LogP contribution is -2.01. The van der Waals surface area contributed by atoms with E-state index in [0.717, 1.165) is 84.0 Å². The van der Waals surface area contributed by atoms with Crippen LogP contribution >= 0.6 is 11.3 Å². The molecule has 0 spiro atoms. The predicted octanol–water partition coefficient (Wildman–Crippen LogP) is 15.6. The van der Waals surface area contributed by atoms with Gasteiger partial charge < -0.3 is 0 Å². The molecule has 3 nitrogen and oxygen atoms in total. The van der Waals surface area contributed by atoms with Gasteiger partial charge in [-0.15, -0.1) is 11.3 Å². The van der Waals surface area contributed by atoms with E-state index in [1.165, 1.54) is 20.2 Å². The second kappa shape index (κ2) is 15.8. The van der Waals surface area contributed by atoms with Gasteiger partial charge in [0.2, 0.25) is 0 Å². The van der Waals surface area contributed by atoms with Gasteiger partial charge in [-0.25, -0.2) is 15.0 Å². The largest absolute Gasteiger partial charge is 0.246 e. The topological polar surface area (TPSA) is 38.7 Å². The van der Waals surface area contributed by atoms with Gasteiger partial charge in [-0.05, 0) is 28.8 Å². The molecular weight excluding hydrogens is 759 g/mol. The van der Waals surface area contributed by atoms with Gasteiger partial charge >= 0.3 is 0 Å². The Hall–Kier alpha value is -7.79. The van der Waals surface area contributed by atoms with Crippen LogP contribution in [0.5, 0.6) is 0 Å². The second-order valence-electron chi connectivity index (χ2n) is 15.1. The highest BCUT2D eigenvalue weighted by molar-refractivity contribution is 7.26. The molecule has 286 valence electrons. The first-order chi connectivity index (χ1) is 30.3. The third-order valence-corrected chi connectivity index (χ3v) is 12.5. The van der Waals surface area contributed by atoms with Gasteiger partial charge in [-0.1, -0.05) is 212 Å². The van der Waals surface area contributed by atoms with Crippen molar-refractivity contribution in [2.45, 2.75) is 0 Å². The first-order valence-corrected chi connectivity index (χ1v) is 21.3. The predicted molar refractivity (Wildman–Crippen MR) is 256 cm³/mol. The van der Waals surface area contributed by atoms with E-state index in [1.807, 2.05) is 17.4 Å². The summed E-state index contributed by atoms with van der Waals surface area (Å²) in [6.45, 7) is 0. The van der Waals surface area contributed by atoms with E-state index in [0.29, 0.717) is 5.82 Å². The molecule has 0 N–H and O–H groups in total. The quantitative estimate of drug-likeness (QED) is 0.154. The molecule has 0 unspecified atom stereocenters. The summed E-state index contributed by atoms with van der Waals surface area (Å²) in [6.07, 6.45) is 0. The molecule has 0 atom stereocenters. The second-order valence-corrected chi connectivity index (χ2v) is 16.1. The number of rotatable bonds is 8. The molecule has 0 aliphatic carbocycles. The summed E-state index contributed by atoms with van der Waals surface area (Å²) in [7, 11) is 0. The minimum absolute atomic E-state index is 0.678. The molecule has 0 fully saturated rings. The number of pyridine rings is 1. The zero-order valence-corrected chi connectivity index (χ0v) is 33.9. The Morgan fingerprint density at radius 3 is 1.31 bits per heavy atom. The fourth-order valence-electron chi connectivity index (χ4n) is 8.46. The Balaban J connectivity index is 1.15. The van der Waals surface area contributed by atoms with Gasteiger partial charge in [-0.3, -0.25) is 0 Å². The molecule has 0 amide bonds. The average Bonchev–Trinajstić information content (AvgIpc) is 3.74. The Labute approximate surface area is 359 Å². The summed E-state index contributed by atoms with van der Waals surface area (Å²) in [5, 5.41) is 2.51. The molecule has 3 aromatic heterocycles. The highest BCUT2D eigenvalue weighted by Crippen LogP contribution is 2.49. The fourth-order valence-corrected chi connectivity index (χ4v) is 9.69. The number of hydrogen-bond acceptors (Lipinski definition) is 4. The zero-order chi connectivity index (χ0) is 40.5. The van der Waals surface area contributed by atoms with Crippen molar-refractivity contribution < 1.29 is 0 Å². The van der Waals surface area contributed by atoms with Gasteiger partial charge in [-0.2, -0.15) is 0 Å². The number of aromatic nitrogens is 3. The molecule has 0 radical (unpaired) electrons. The fraction of sp³-hybridized carbons (Fsp3) is 0. The first kappa shape index (κ1) is 36.3. The molecule has 0 saturated heterocycles. The highest BCUT2D eigenvalue weighted by Gasteiger charge is 2.25. The summed E-state index contributed by atoms with van der Waals surface area (Å²) in [5.41, 5.74) is 15.4. The third kappa shape index (κ3) is 6.79. The van der Waals surface area contributed by atoms with E-state index in [-0.39, 0.29) is 0 Å². The van der Waals surface area contributed by atoms with Crippen LogP contribution in [0.2, 0.25) is 0 Å². The average molecular weight is 796 g/mol. The smallest absolute Gasteiger partial charge is 0.160 e. The monoisotopic (exact) mass is 795 g/mol. The van der Waals surface area contributed by atoms with Gasteiger partial charge in [0, 0.05) is 64.7 Å². The minimum atomic E-state index is 0.678. The minimum Gasteiger partial charge on any atom is -0.246 e. The van der Waals surface area contributed by atoms with E-state index in [9.17, 15) is 0 Å². The molecule has 0 aliphatic heterocycles.